The standard InChI is InChI=1S/C33H46FN7O6S/c1-23(2)41(26-18-45-19-26)32(42)28-14-24(34)4-7-29(28)47-30-15-35-22-36-31(30)39-20-33(21-39)8-12-38(13-9-33)16-27-6-5-25(17-46-27)37-48(43,44)40-10-3-11-40/h4,7,14-15,22-23,25-27,37H,3,5-6,8-13,16-21H2,1-2H3/t25-,27+/m1/s1. The number of hydrogen-bond acceptors (Lipinski definition) is 10. The molecule has 0 radical (unpaired) electrons. The highest BCUT2D eigenvalue weighted by Gasteiger charge is 2.46. The number of likely N-dealkylation sites (tertiary alicyclic amines) is 1. The van der Waals surface area contributed by atoms with E-state index in [1.54, 1.807) is 11.1 Å². The molecule has 5 fully saturated rings. The summed E-state index contributed by atoms with van der Waals surface area (Å²) >= 11 is 0. The van der Waals surface area contributed by atoms with Gasteiger partial charge in [0.25, 0.3) is 16.1 Å². The number of piperidine rings is 1. The fourth-order valence-electron chi connectivity index (χ4n) is 7.42. The van der Waals surface area contributed by atoms with Crippen LogP contribution in [0.5, 0.6) is 11.5 Å². The monoisotopic (exact) mass is 687 g/mol. The molecule has 0 bridgehead atoms. The normalized spacial score (nSPS) is 25.0. The maximum atomic E-state index is 14.4. The molecule has 1 aromatic heterocycles. The average molecular weight is 688 g/mol. The highest BCUT2D eigenvalue weighted by Crippen LogP contribution is 2.45. The van der Waals surface area contributed by atoms with Crippen molar-refractivity contribution in [3.8, 4) is 11.5 Å². The lowest BCUT2D eigenvalue weighted by molar-refractivity contribution is -0.0623. The largest absolute Gasteiger partial charge is 0.451 e. The summed E-state index contributed by atoms with van der Waals surface area (Å²) in [4.78, 5) is 28.8. The van der Waals surface area contributed by atoms with Crippen molar-refractivity contribution in [2.45, 2.75) is 70.2 Å². The van der Waals surface area contributed by atoms with Crippen LogP contribution in [0, 0.1) is 11.2 Å². The van der Waals surface area contributed by atoms with Crippen LogP contribution in [-0.2, 0) is 19.7 Å². The maximum absolute atomic E-state index is 14.4. The van der Waals surface area contributed by atoms with Gasteiger partial charge in [-0.05, 0) is 77.2 Å². The molecule has 0 aliphatic carbocycles. The minimum absolute atomic E-state index is 0.0567. The molecule has 15 heteroatoms. The molecule has 2 atom stereocenters. The zero-order chi connectivity index (χ0) is 33.5. The van der Waals surface area contributed by atoms with Crippen molar-refractivity contribution in [2.24, 2.45) is 5.41 Å². The Balaban J connectivity index is 0.923. The molecule has 1 spiro atoms. The first kappa shape index (κ1) is 33.5. The summed E-state index contributed by atoms with van der Waals surface area (Å²) in [5.41, 5.74) is 0.342. The van der Waals surface area contributed by atoms with Crippen LogP contribution in [0.2, 0.25) is 0 Å². The van der Waals surface area contributed by atoms with Gasteiger partial charge in [-0.3, -0.25) is 4.79 Å². The summed E-state index contributed by atoms with van der Waals surface area (Å²) in [6.45, 7) is 10.9. The van der Waals surface area contributed by atoms with E-state index in [0.717, 1.165) is 64.8 Å². The Labute approximate surface area is 281 Å². The molecular weight excluding hydrogens is 641 g/mol. The van der Waals surface area contributed by atoms with E-state index < -0.39 is 16.0 Å². The third kappa shape index (κ3) is 7.03. The Kier molecular flexibility index (Phi) is 9.61. The molecule has 1 aromatic carbocycles. The number of hydrogen-bond donors (Lipinski definition) is 1. The van der Waals surface area contributed by atoms with Crippen molar-refractivity contribution in [1.29, 1.82) is 0 Å². The van der Waals surface area contributed by atoms with Gasteiger partial charge in [-0.25, -0.2) is 14.4 Å². The lowest BCUT2D eigenvalue weighted by Gasteiger charge is -2.54. The van der Waals surface area contributed by atoms with Gasteiger partial charge >= 0.3 is 0 Å². The Morgan fingerprint density at radius 3 is 2.52 bits per heavy atom. The Bertz CT molecular complexity index is 1570. The van der Waals surface area contributed by atoms with Gasteiger partial charge in [0.1, 0.15) is 17.9 Å². The summed E-state index contributed by atoms with van der Waals surface area (Å²) in [6.07, 6.45) is 7.86. The predicted molar refractivity (Wildman–Crippen MR) is 176 cm³/mol. The number of carbonyl (C=O) groups is 1. The highest BCUT2D eigenvalue weighted by molar-refractivity contribution is 7.87. The van der Waals surface area contributed by atoms with Crippen LogP contribution in [0.3, 0.4) is 0 Å². The van der Waals surface area contributed by atoms with E-state index in [2.05, 4.69) is 24.5 Å². The van der Waals surface area contributed by atoms with Gasteiger partial charge in [-0.2, -0.15) is 17.4 Å². The molecule has 5 aliphatic rings. The van der Waals surface area contributed by atoms with Gasteiger partial charge < -0.3 is 28.9 Å². The molecule has 1 N–H and O–H groups in total. The SMILES string of the molecule is CC(C)N(C(=O)c1cc(F)ccc1Oc1cncnc1N1CC2(CCN(C[C@@H]3CC[C@@H](NS(=O)(=O)N4CCC4)CO3)CC2)C1)C1COC1. The van der Waals surface area contributed by atoms with Gasteiger partial charge in [0, 0.05) is 50.2 Å². The van der Waals surface area contributed by atoms with Crippen molar-refractivity contribution in [2.75, 3.05) is 70.5 Å². The predicted octanol–water partition coefficient (Wildman–Crippen LogP) is 2.65. The number of amides is 1. The summed E-state index contributed by atoms with van der Waals surface area (Å²) in [6, 6.07) is 3.70. The van der Waals surface area contributed by atoms with Crippen molar-refractivity contribution in [1.82, 2.24) is 28.8 Å². The minimum atomic E-state index is -3.40. The van der Waals surface area contributed by atoms with Crippen molar-refractivity contribution in [3.63, 3.8) is 0 Å². The second-order valence-corrected chi connectivity index (χ2v) is 15.9. The van der Waals surface area contributed by atoms with Crippen LogP contribution in [-0.4, -0.2) is 128 Å². The highest BCUT2D eigenvalue weighted by atomic mass is 32.2. The smallest absolute Gasteiger partial charge is 0.279 e. The Hall–Kier alpha value is -2.95. The van der Waals surface area contributed by atoms with Crippen LogP contribution in [0.25, 0.3) is 0 Å². The summed E-state index contributed by atoms with van der Waals surface area (Å²) in [5, 5.41) is 0. The van der Waals surface area contributed by atoms with Crippen LogP contribution in [0.15, 0.2) is 30.7 Å². The molecule has 262 valence electrons. The second-order valence-electron chi connectivity index (χ2n) is 14.2. The quantitative estimate of drug-likeness (QED) is 0.377. The zero-order valence-electron chi connectivity index (χ0n) is 27.7. The maximum Gasteiger partial charge on any atom is 0.279 e. The van der Waals surface area contributed by atoms with Crippen LogP contribution < -0.4 is 14.4 Å². The number of anilines is 1. The third-order valence-corrected chi connectivity index (χ3v) is 12.1. The number of halogens is 1. The molecule has 0 unspecified atom stereocenters. The van der Waals surface area contributed by atoms with E-state index in [-0.39, 0.29) is 46.9 Å². The molecule has 5 saturated heterocycles. The first-order valence-corrected chi connectivity index (χ1v) is 18.6. The van der Waals surface area contributed by atoms with Gasteiger partial charge in [-0.1, -0.05) is 0 Å². The summed E-state index contributed by atoms with van der Waals surface area (Å²) in [7, 11) is -3.40. The molecule has 7 rings (SSSR count). The molecule has 1 amide bonds. The Morgan fingerprint density at radius 2 is 1.90 bits per heavy atom. The average Bonchev–Trinajstić information content (AvgIpc) is 2.98. The van der Waals surface area contributed by atoms with Gasteiger partial charge in [0.05, 0.1) is 43.7 Å². The molecule has 6 heterocycles. The third-order valence-electron chi connectivity index (χ3n) is 10.4. The van der Waals surface area contributed by atoms with E-state index in [1.165, 1.54) is 28.8 Å². The molecule has 0 saturated carbocycles. The van der Waals surface area contributed by atoms with Crippen LogP contribution in [0.1, 0.15) is 56.3 Å². The lowest BCUT2D eigenvalue weighted by atomic mass is 9.72. The number of benzene rings is 1. The van der Waals surface area contributed by atoms with E-state index in [1.807, 2.05) is 13.8 Å². The van der Waals surface area contributed by atoms with Gasteiger partial charge in [-0.15, -0.1) is 0 Å². The fraction of sp³-hybridized carbons (Fsp3) is 0.667. The van der Waals surface area contributed by atoms with Crippen molar-refractivity contribution in [3.05, 3.63) is 42.1 Å². The number of nitrogens with one attached hydrogen (secondary N) is 1. The fourth-order valence-corrected chi connectivity index (χ4v) is 8.92. The van der Waals surface area contributed by atoms with Crippen LogP contribution in [0.4, 0.5) is 10.2 Å². The zero-order valence-corrected chi connectivity index (χ0v) is 28.5. The second kappa shape index (κ2) is 13.8. The van der Waals surface area contributed by atoms with E-state index in [0.29, 0.717) is 44.5 Å². The number of carbonyl (C=O) groups excluding carboxylic acids is 1. The van der Waals surface area contributed by atoms with E-state index in [9.17, 15) is 17.6 Å². The molecule has 5 aliphatic heterocycles. The first-order chi connectivity index (χ1) is 23.1. The minimum Gasteiger partial charge on any atom is -0.451 e. The number of rotatable bonds is 11. The molecular formula is C33H46FN7O6S. The van der Waals surface area contributed by atoms with E-state index >= 15 is 0 Å². The molecule has 2 aromatic rings. The molecule has 13 nitrogen and oxygen atoms in total. The topological polar surface area (TPSA) is 130 Å². The van der Waals surface area contributed by atoms with E-state index in [4.69, 9.17) is 14.2 Å². The number of aromatic nitrogens is 2. The summed E-state index contributed by atoms with van der Waals surface area (Å²) < 4.78 is 61.3. The van der Waals surface area contributed by atoms with Gasteiger partial charge in [0.2, 0.25) is 0 Å². The van der Waals surface area contributed by atoms with Crippen LogP contribution >= 0.6 is 0 Å². The molecule has 48 heavy (non-hydrogen) atoms. The van der Waals surface area contributed by atoms with Gasteiger partial charge in [0.15, 0.2) is 11.6 Å². The number of ether oxygens (including phenoxy) is 3. The van der Waals surface area contributed by atoms with Crippen molar-refractivity contribution < 1.29 is 31.8 Å². The van der Waals surface area contributed by atoms with Crippen molar-refractivity contribution >= 4 is 21.9 Å². The number of nitrogens with zero attached hydrogens (tertiary/aromatic N) is 6. The summed E-state index contributed by atoms with van der Waals surface area (Å²) in [5.74, 6) is 0.532. The Morgan fingerprint density at radius 1 is 1.12 bits per heavy atom. The lowest BCUT2D eigenvalue weighted by Crippen LogP contribution is -2.61. The first-order valence-electron chi connectivity index (χ1n) is 17.1.